The molecule has 2 aromatic rings. The fourth-order valence-corrected chi connectivity index (χ4v) is 4.41. The first kappa shape index (κ1) is 18.8. The van der Waals surface area contributed by atoms with Gasteiger partial charge in [0.25, 0.3) is 0 Å². The molecule has 2 heterocycles. The van der Waals surface area contributed by atoms with E-state index in [2.05, 4.69) is 24.3 Å². The Morgan fingerprint density at radius 2 is 2.04 bits per heavy atom. The van der Waals surface area contributed by atoms with Crippen molar-refractivity contribution in [1.82, 2.24) is 4.90 Å². The second-order valence-electron chi connectivity index (χ2n) is 7.67. The van der Waals surface area contributed by atoms with E-state index >= 15 is 0 Å². The van der Waals surface area contributed by atoms with Crippen LogP contribution in [0.25, 0.3) is 0 Å². The summed E-state index contributed by atoms with van der Waals surface area (Å²) in [6.07, 6.45) is 0.689. The van der Waals surface area contributed by atoms with Crippen molar-refractivity contribution in [1.29, 1.82) is 0 Å². The van der Waals surface area contributed by atoms with Gasteiger partial charge in [0, 0.05) is 19.0 Å². The van der Waals surface area contributed by atoms with E-state index in [1.807, 2.05) is 36.1 Å². The van der Waals surface area contributed by atoms with E-state index in [0.717, 1.165) is 30.2 Å². The van der Waals surface area contributed by atoms with E-state index in [1.54, 1.807) is 0 Å². The summed E-state index contributed by atoms with van der Waals surface area (Å²) in [5.41, 5.74) is 8.34. The predicted molar refractivity (Wildman–Crippen MR) is 109 cm³/mol. The molecule has 5 heteroatoms. The van der Waals surface area contributed by atoms with Crippen LogP contribution in [0, 0.1) is 11.8 Å². The molecule has 148 valence electrons. The number of likely N-dealkylation sites (tertiary alicyclic amines) is 1. The van der Waals surface area contributed by atoms with Gasteiger partial charge in [-0.15, -0.1) is 0 Å². The van der Waals surface area contributed by atoms with Gasteiger partial charge in [0.05, 0.1) is 12.5 Å². The number of nitrogens with two attached hydrogens (primary N) is 1. The van der Waals surface area contributed by atoms with Crippen molar-refractivity contribution in [2.24, 2.45) is 17.6 Å². The zero-order valence-corrected chi connectivity index (χ0v) is 16.3. The highest BCUT2D eigenvalue weighted by molar-refractivity contribution is 5.80. The summed E-state index contributed by atoms with van der Waals surface area (Å²) in [7, 11) is 0. The summed E-state index contributed by atoms with van der Waals surface area (Å²) in [5, 5.41) is 0. The average Bonchev–Trinajstić information content (AvgIpc) is 3.18. The second-order valence-corrected chi connectivity index (χ2v) is 7.67. The van der Waals surface area contributed by atoms with Gasteiger partial charge >= 0.3 is 0 Å². The normalized spacial score (nSPS) is 23.8. The fourth-order valence-electron chi connectivity index (χ4n) is 4.41. The molecule has 1 amide bonds. The number of nitrogens with zero attached hydrogens (tertiary/aromatic N) is 1. The quantitative estimate of drug-likeness (QED) is 0.866. The molecule has 0 spiro atoms. The molecule has 1 fully saturated rings. The Balaban J connectivity index is 1.47. The number of carbonyl (C=O) groups is 1. The van der Waals surface area contributed by atoms with Gasteiger partial charge in [0.2, 0.25) is 5.91 Å². The zero-order chi connectivity index (χ0) is 19.5. The maximum absolute atomic E-state index is 13.2. The maximum atomic E-state index is 13.2. The minimum atomic E-state index is -0.155. The van der Waals surface area contributed by atoms with E-state index < -0.39 is 0 Å². The lowest BCUT2D eigenvalue weighted by Crippen LogP contribution is -2.40. The topological polar surface area (TPSA) is 64.8 Å². The van der Waals surface area contributed by atoms with Crippen molar-refractivity contribution in [3.05, 3.63) is 59.7 Å². The number of amides is 1. The summed E-state index contributed by atoms with van der Waals surface area (Å²) < 4.78 is 11.5. The van der Waals surface area contributed by atoms with Crippen LogP contribution in [-0.2, 0) is 11.2 Å². The molecule has 2 aliphatic rings. The van der Waals surface area contributed by atoms with Gasteiger partial charge in [-0.2, -0.15) is 0 Å². The van der Waals surface area contributed by atoms with Gasteiger partial charge in [0.15, 0.2) is 0 Å². The highest BCUT2D eigenvalue weighted by Gasteiger charge is 2.38. The lowest BCUT2D eigenvalue weighted by Gasteiger charge is -2.28. The lowest BCUT2D eigenvalue weighted by atomic mass is 9.89. The Kier molecular flexibility index (Phi) is 5.53. The molecule has 3 atom stereocenters. The fraction of sp³-hybridized carbons (Fsp3) is 0.435. The zero-order valence-electron chi connectivity index (χ0n) is 16.3. The van der Waals surface area contributed by atoms with Crippen LogP contribution in [0.4, 0.5) is 0 Å². The van der Waals surface area contributed by atoms with Crippen LogP contribution in [0.3, 0.4) is 0 Å². The van der Waals surface area contributed by atoms with Crippen LogP contribution in [0.1, 0.15) is 24.0 Å². The molecule has 0 radical (unpaired) electrons. The van der Waals surface area contributed by atoms with Crippen molar-refractivity contribution in [2.45, 2.75) is 19.3 Å². The van der Waals surface area contributed by atoms with Crippen molar-refractivity contribution >= 4 is 5.91 Å². The number of rotatable bonds is 5. The van der Waals surface area contributed by atoms with Gasteiger partial charge in [-0.1, -0.05) is 30.3 Å². The molecule has 0 aliphatic carbocycles. The van der Waals surface area contributed by atoms with E-state index in [9.17, 15) is 4.79 Å². The molecule has 0 aromatic heterocycles. The largest absolute Gasteiger partial charge is 0.494 e. The lowest BCUT2D eigenvalue weighted by molar-refractivity contribution is -0.136. The number of fused-ring (bicyclic) bond motifs is 1. The van der Waals surface area contributed by atoms with Crippen LogP contribution < -0.4 is 15.2 Å². The smallest absolute Gasteiger partial charge is 0.229 e. The SMILES string of the molecule is CCOc1ccc2c(c1)CC(C(=O)N1C[C@@H](CN)[C@H](c3ccccc3)C1)CO2. The molecule has 2 aromatic carbocycles. The first-order valence-electron chi connectivity index (χ1n) is 10.1. The summed E-state index contributed by atoms with van der Waals surface area (Å²) in [6, 6.07) is 16.2. The number of carbonyl (C=O) groups excluding carboxylic acids is 1. The summed E-state index contributed by atoms with van der Waals surface area (Å²) in [4.78, 5) is 15.2. The van der Waals surface area contributed by atoms with E-state index in [1.165, 1.54) is 5.56 Å². The third-order valence-corrected chi connectivity index (χ3v) is 5.88. The molecular formula is C23H28N2O3. The molecule has 0 bridgehead atoms. The van der Waals surface area contributed by atoms with Gasteiger partial charge < -0.3 is 20.1 Å². The molecule has 5 nitrogen and oxygen atoms in total. The van der Waals surface area contributed by atoms with Crippen LogP contribution in [0.2, 0.25) is 0 Å². The van der Waals surface area contributed by atoms with Crippen LogP contribution >= 0.6 is 0 Å². The first-order valence-corrected chi connectivity index (χ1v) is 10.1. The predicted octanol–water partition coefficient (Wildman–Crippen LogP) is 2.84. The average molecular weight is 380 g/mol. The Labute approximate surface area is 166 Å². The van der Waals surface area contributed by atoms with E-state index in [0.29, 0.717) is 38.0 Å². The van der Waals surface area contributed by atoms with E-state index in [-0.39, 0.29) is 11.8 Å². The number of ether oxygens (including phenoxy) is 2. The number of benzene rings is 2. The monoisotopic (exact) mass is 380 g/mol. The van der Waals surface area contributed by atoms with Crippen molar-refractivity contribution in [3.8, 4) is 11.5 Å². The summed E-state index contributed by atoms with van der Waals surface area (Å²) >= 11 is 0. The molecule has 0 saturated carbocycles. The van der Waals surface area contributed by atoms with Crippen LogP contribution in [0.5, 0.6) is 11.5 Å². The Morgan fingerprint density at radius 3 is 2.79 bits per heavy atom. The van der Waals surface area contributed by atoms with Crippen molar-refractivity contribution in [3.63, 3.8) is 0 Å². The molecule has 2 N–H and O–H groups in total. The van der Waals surface area contributed by atoms with Crippen LogP contribution in [-0.4, -0.2) is 43.7 Å². The summed E-state index contributed by atoms with van der Waals surface area (Å²) in [6.45, 7) is 5.05. The third-order valence-electron chi connectivity index (χ3n) is 5.88. The minimum Gasteiger partial charge on any atom is -0.494 e. The highest BCUT2D eigenvalue weighted by Crippen LogP contribution is 2.35. The molecule has 28 heavy (non-hydrogen) atoms. The van der Waals surface area contributed by atoms with Gasteiger partial charge in [-0.3, -0.25) is 4.79 Å². The van der Waals surface area contributed by atoms with E-state index in [4.69, 9.17) is 15.2 Å². The molecule has 4 rings (SSSR count). The van der Waals surface area contributed by atoms with Gasteiger partial charge in [-0.25, -0.2) is 0 Å². The molecule has 1 unspecified atom stereocenters. The van der Waals surface area contributed by atoms with Crippen molar-refractivity contribution < 1.29 is 14.3 Å². The van der Waals surface area contributed by atoms with Crippen molar-refractivity contribution in [2.75, 3.05) is 32.8 Å². The number of hydrogen-bond acceptors (Lipinski definition) is 4. The Morgan fingerprint density at radius 1 is 1.21 bits per heavy atom. The van der Waals surface area contributed by atoms with Gasteiger partial charge in [0.1, 0.15) is 18.1 Å². The Hall–Kier alpha value is -2.53. The van der Waals surface area contributed by atoms with Gasteiger partial charge in [-0.05, 0) is 55.1 Å². The summed E-state index contributed by atoms with van der Waals surface area (Å²) in [5.74, 6) is 2.30. The standard InChI is InChI=1S/C23H28N2O3/c1-2-27-20-8-9-22-17(11-20)10-18(15-28-22)23(26)25-13-19(12-24)21(14-25)16-6-4-3-5-7-16/h3-9,11,18-19,21H,2,10,12-15,24H2,1H3/t18?,19-,21+/m1/s1. The molecule has 1 saturated heterocycles. The minimum absolute atomic E-state index is 0.155. The first-order chi connectivity index (χ1) is 13.7. The van der Waals surface area contributed by atoms with Crippen LogP contribution in [0.15, 0.2) is 48.5 Å². The highest BCUT2D eigenvalue weighted by atomic mass is 16.5. The second kappa shape index (κ2) is 8.23. The third kappa shape index (κ3) is 3.72. The Bertz CT molecular complexity index is 824. The molecule has 2 aliphatic heterocycles. The number of hydrogen-bond donors (Lipinski definition) is 1. The molecular weight excluding hydrogens is 352 g/mol. The maximum Gasteiger partial charge on any atom is 0.229 e.